The van der Waals surface area contributed by atoms with E-state index in [4.69, 9.17) is 10.7 Å². The number of alkyl halides is 3. The summed E-state index contributed by atoms with van der Waals surface area (Å²) in [5, 5.41) is 0. The van der Waals surface area contributed by atoms with Gasteiger partial charge in [0.05, 0.1) is 5.75 Å². The topological polar surface area (TPSA) is 63.7 Å². The summed E-state index contributed by atoms with van der Waals surface area (Å²) in [6.07, 6.45) is -4.37. The van der Waals surface area contributed by atoms with Crippen molar-refractivity contribution >= 4 is 31.3 Å². The number of anilines is 1. The van der Waals surface area contributed by atoms with E-state index in [0.717, 1.165) is 0 Å². The van der Waals surface area contributed by atoms with Gasteiger partial charge in [-0.2, -0.15) is 13.2 Å². The number of halogens is 4. The van der Waals surface area contributed by atoms with Gasteiger partial charge in [0.1, 0.15) is 5.75 Å². The van der Waals surface area contributed by atoms with Crippen LogP contribution in [0.25, 0.3) is 0 Å². The third-order valence-electron chi connectivity index (χ3n) is 3.19. The van der Waals surface area contributed by atoms with Gasteiger partial charge in [0.25, 0.3) is 0 Å². The monoisotopic (exact) mass is 371 g/mol. The summed E-state index contributed by atoms with van der Waals surface area (Å²) in [6.45, 7) is -1.21. The molecule has 1 unspecified atom stereocenters. The molecular formula is C13H13ClF3NO4S. The van der Waals surface area contributed by atoms with Crippen molar-refractivity contribution in [1.82, 2.24) is 0 Å². The smallest absolute Gasteiger partial charge is 0.422 e. The molecule has 0 spiro atoms. The quantitative estimate of drug-likeness (QED) is 0.746. The highest BCUT2D eigenvalue weighted by molar-refractivity contribution is 8.13. The van der Waals surface area contributed by atoms with E-state index in [1.54, 1.807) is 0 Å². The van der Waals surface area contributed by atoms with E-state index < -0.39 is 27.8 Å². The van der Waals surface area contributed by atoms with Crippen LogP contribution < -0.4 is 9.64 Å². The number of ether oxygens (including phenoxy) is 1. The molecule has 0 N–H and O–H groups in total. The average Bonchev–Trinajstić information content (AvgIpc) is 2.74. The minimum absolute atomic E-state index is 0.0256. The number of hydrogen-bond acceptors (Lipinski definition) is 4. The molecular weight excluding hydrogens is 359 g/mol. The van der Waals surface area contributed by atoms with Crippen molar-refractivity contribution in [2.75, 3.05) is 23.8 Å². The molecule has 2 rings (SSSR count). The van der Waals surface area contributed by atoms with Crippen LogP contribution in [-0.4, -0.2) is 39.4 Å². The van der Waals surface area contributed by atoms with E-state index >= 15 is 0 Å². The lowest BCUT2D eigenvalue weighted by Gasteiger charge is -2.17. The third-order valence-corrected chi connectivity index (χ3v) is 4.44. The highest BCUT2D eigenvalue weighted by atomic mass is 35.7. The van der Waals surface area contributed by atoms with Crippen molar-refractivity contribution in [3.05, 3.63) is 24.3 Å². The number of carbonyl (C=O) groups is 1. The first-order valence-corrected chi connectivity index (χ1v) is 9.04. The van der Waals surface area contributed by atoms with Gasteiger partial charge < -0.3 is 9.64 Å². The van der Waals surface area contributed by atoms with Crippen LogP contribution in [-0.2, 0) is 13.8 Å². The molecule has 1 aromatic carbocycles. The van der Waals surface area contributed by atoms with E-state index in [9.17, 15) is 26.4 Å². The van der Waals surface area contributed by atoms with Crippen LogP contribution >= 0.6 is 10.7 Å². The Bertz CT molecular complexity index is 675. The van der Waals surface area contributed by atoms with Crippen molar-refractivity contribution in [2.24, 2.45) is 5.92 Å². The fraction of sp³-hybridized carbons (Fsp3) is 0.462. The van der Waals surface area contributed by atoms with Gasteiger partial charge in [0.15, 0.2) is 6.61 Å². The van der Waals surface area contributed by atoms with Crippen molar-refractivity contribution in [3.8, 4) is 5.75 Å². The predicted molar refractivity (Wildman–Crippen MR) is 78.1 cm³/mol. The molecule has 1 heterocycles. The molecule has 0 bridgehead atoms. The Morgan fingerprint density at radius 2 is 1.87 bits per heavy atom. The summed E-state index contributed by atoms with van der Waals surface area (Å²) < 4.78 is 62.9. The third kappa shape index (κ3) is 5.58. The number of amides is 1. The first-order valence-electron chi connectivity index (χ1n) is 6.56. The molecule has 23 heavy (non-hydrogen) atoms. The second-order valence-corrected chi connectivity index (χ2v) is 8.00. The lowest BCUT2D eigenvalue weighted by atomic mass is 10.1. The van der Waals surface area contributed by atoms with Crippen molar-refractivity contribution in [1.29, 1.82) is 0 Å². The lowest BCUT2D eigenvalue weighted by molar-refractivity contribution is -0.153. The highest BCUT2D eigenvalue weighted by Crippen LogP contribution is 2.28. The van der Waals surface area contributed by atoms with E-state index in [1.807, 2.05) is 0 Å². The molecule has 0 saturated carbocycles. The van der Waals surface area contributed by atoms with E-state index in [-0.39, 0.29) is 30.4 Å². The summed E-state index contributed by atoms with van der Waals surface area (Å²) in [6, 6.07) is 5.53. The molecule has 0 aliphatic carbocycles. The van der Waals surface area contributed by atoms with Gasteiger partial charge in [0, 0.05) is 35.3 Å². The van der Waals surface area contributed by atoms with E-state index in [0.29, 0.717) is 5.69 Å². The molecule has 1 aliphatic rings. The molecule has 1 fully saturated rings. The maximum absolute atomic E-state index is 12.1. The van der Waals surface area contributed by atoms with Crippen LogP contribution in [0, 0.1) is 5.92 Å². The largest absolute Gasteiger partial charge is 0.484 e. The molecule has 1 amide bonds. The second-order valence-electron chi connectivity index (χ2n) is 5.18. The molecule has 128 valence electrons. The van der Waals surface area contributed by atoms with Gasteiger partial charge in [-0.3, -0.25) is 4.79 Å². The first-order chi connectivity index (χ1) is 10.5. The molecule has 0 radical (unpaired) electrons. The Morgan fingerprint density at radius 3 is 2.39 bits per heavy atom. The Balaban J connectivity index is 2.01. The van der Waals surface area contributed by atoms with Gasteiger partial charge in [-0.05, 0) is 24.3 Å². The Hall–Kier alpha value is -1.48. The molecule has 10 heteroatoms. The van der Waals surface area contributed by atoms with Crippen LogP contribution in [0.3, 0.4) is 0 Å². The minimum atomic E-state index is -4.43. The van der Waals surface area contributed by atoms with Crippen molar-refractivity contribution in [2.45, 2.75) is 12.6 Å². The van der Waals surface area contributed by atoms with E-state index in [2.05, 4.69) is 4.74 Å². The van der Waals surface area contributed by atoms with Crippen LogP contribution in [0.4, 0.5) is 18.9 Å². The Kier molecular flexibility index (Phi) is 5.10. The maximum atomic E-state index is 12.1. The minimum Gasteiger partial charge on any atom is -0.484 e. The lowest BCUT2D eigenvalue weighted by Crippen LogP contribution is -2.25. The van der Waals surface area contributed by atoms with Gasteiger partial charge >= 0.3 is 6.18 Å². The molecule has 0 aromatic heterocycles. The van der Waals surface area contributed by atoms with Crippen LogP contribution in [0.5, 0.6) is 5.75 Å². The molecule has 1 aromatic rings. The number of carbonyl (C=O) groups excluding carboxylic acids is 1. The van der Waals surface area contributed by atoms with E-state index in [1.165, 1.54) is 29.2 Å². The number of benzene rings is 1. The summed E-state index contributed by atoms with van der Waals surface area (Å²) in [5.74, 6) is -0.952. The highest BCUT2D eigenvalue weighted by Gasteiger charge is 2.33. The zero-order chi connectivity index (χ0) is 17.3. The summed E-state index contributed by atoms with van der Waals surface area (Å²) >= 11 is 0. The van der Waals surface area contributed by atoms with Crippen LogP contribution in [0.15, 0.2) is 24.3 Å². The Morgan fingerprint density at radius 1 is 1.26 bits per heavy atom. The van der Waals surface area contributed by atoms with Gasteiger partial charge in [-0.15, -0.1) is 0 Å². The zero-order valence-corrected chi connectivity index (χ0v) is 13.3. The maximum Gasteiger partial charge on any atom is 0.422 e. The second kappa shape index (κ2) is 6.56. The Labute approximate surface area is 135 Å². The van der Waals surface area contributed by atoms with Crippen molar-refractivity contribution < 1.29 is 31.1 Å². The molecule has 1 aliphatic heterocycles. The van der Waals surface area contributed by atoms with Crippen LogP contribution in [0.2, 0.25) is 0 Å². The number of rotatable bonds is 5. The van der Waals surface area contributed by atoms with Gasteiger partial charge in [0.2, 0.25) is 15.0 Å². The SMILES string of the molecule is O=C1CC(CS(=O)(=O)Cl)CN1c1ccc(OCC(F)(F)F)cc1. The molecule has 1 atom stereocenters. The fourth-order valence-corrected chi connectivity index (χ4v) is 3.63. The normalized spacial score (nSPS) is 19.2. The summed E-state index contributed by atoms with van der Waals surface area (Å²) in [5.41, 5.74) is 0.462. The summed E-state index contributed by atoms with van der Waals surface area (Å²) in [4.78, 5) is 13.3. The van der Waals surface area contributed by atoms with Crippen molar-refractivity contribution in [3.63, 3.8) is 0 Å². The average molecular weight is 372 g/mol. The first kappa shape index (κ1) is 17.9. The van der Waals surface area contributed by atoms with Gasteiger partial charge in [-0.1, -0.05) is 0 Å². The van der Waals surface area contributed by atoms with Crippen LogP contribution in [0.1, 0.15) is 6.42 Å². The number of hydrogen-bond donors (Lipinski definition) is 0. The zero-order valence-electron chi connectivity index (χ0n) is 11.7. The fourth-order valence-electron chi connectivity index (χ4n) is 2.31. The molecule has 5 nitrogen and oxygen atoms in total. The summed E-state index contributed by atoms with van der Waals surface area (Å²) in [7, 11) is 1.48. The van der Waals surface area contributed by atoms with Gasteiger partial charge in [-0.25, -0.2) is 8.42 Å². The predicted octanol–water partition coefficient (Wildman–Crippen LogP) is 2.55. The number of nitrogens with zero attached hydrogens (tertiary/aromatic N) is 1. The molecule has 1 saturated heterocycles. The standard InChI is InChI=1S/C13H13ClF3NO4S/c14-23(20,21)7-9-5-12(19)18(6-9)10-1-3-11(4-2-10)22-8-13(15,16)17/h1-4,9H,5-8H2.